The zero-order valence-corrected chi connectivity index (χ0v) is 17.6. The Morgan fingerprint density at radius 2 is 2.10 bits per heavy atom. The van der Waals surface area contributed by atoms with Gasteiger partial charge in [0.2, 0.25) is 0 Å². The summed E-state index contributed by atoms with van der Waals surface area (Å²) < 4.78 is 26.1. The molecule has 3 unspecified atom stereocenters. The van der Waals surface area contributed by atoms with Crippen LogP contribution >= 0.6 is 0 Å². The van der Waals surface area contributed by atoms with Gasteiger partial charge in [-0.3, -0.25) is 9.63 Å². The second-order valence-corrected chi connectivity index (χ2v) is 8.88. The smallest absolute Gasteiger partial charge is 0.346 e. The van der Waals surface area contributed by atoms with E-state index < -0.39 is 29.3 Å². The van der Waals surface area contributed by atoms with E-state index in [1.54, 1.807) is 0 Å². The number of nitrogens with zero attached hydrogens (tertiary/aromatic N) is 3. The minimum absolute atomic E-state index is 0.179. The Hall–Kier alpha value is -1.35. The molecule has 0 radical (unpaired) electrons. The quantitative estimate of drug-likeness (QED) is 0.284. The molecule has 4 aliphatic rings. The first-order valence-electron chi connectivity index (χ1n) is 10.5. The van der Waals surface area contributed by atoms with Gasteiger partial charge in [0, 0.05) is 45.3 Å². The van der Waals surface area contributed by atoms with E-state index in [0.717, 1.165) is 50.8 Å². The molecular weight excluding hydrogens is 416 g/mol. The predicted molar refractivity (Wildman–Crippen MR) is 104 cm³/mol. The fourth-order valence-electron chi connectivity index (χ4n) is 4.78. The second kappa shape index (κ2) is 9.85. The molecule has 170 valence electrons. The zero-order valence-electron chi connectivity index (χ0n) is 16.8. The molecule has 30 heavy (non-hydrogen) atoms. The van der Waals surface area contributed by atoms with Gasteiger partial charge in [0.15, 0.2) is 0 Å². The summed E-state index contributed by atoms with van der Waals surface area (Å²) in [5, 5.41) is 7.63. The van der Waals surface area contributed by atoms with Crippen LogP contribution in [0.5, 0.6) is 0 Å². The monoisotopic (exact) mass is 445 g/mol. The number of fused-ring (bicyclic) bond motifs is 2. The van der Waals surface area contributed by atoms with E-state index in [2.05, 4.69) is 25.3 Å². The molecule has 12 nitrogen and oxygen atoms in total. The van der Waals surface area contributed by atoms with Crippen LogP contribution in [-0.2, 0) is 25.3 Å². The van der Waals surface area contributed by atoms with Crippen molar-refractivity contribution in [3.63, 3.8) is 0 Å². The van der Waals surface area contributed by atoms with Crippen molar-refractivity contribution in [3.8, 4) is 0 Å². The molecule has 4 heterocycles. The van der Waals surface area contributed by atoms with E-state index in [1.165, 1.54) is 4.90 Å². The molecule has 3 N–H and O–H groups in total. The number of carbonyl (C=O) groups excluding carboxylic acids is 2. The van der Waals surface area contributed by atoms with E-state index in [1.807, 2.05) is 0 Å². The molecule has 0 spiro atoms. The number of piperazine rings is 1. The highest BCUT2D eigenvalue weighted by Crippen LogP contribution is 2.30. The van der Waals surface area contributed by atoms with Gasteiger partial charge in [0.25, 0.3) is 5.91 Å². The molecule has 0 aliphatic carbocycles. The Morgan fingerprint density at radius 1 is 1.30 bits per heavy atom. The number of urea groups is 1. The number of hydrogen-bond acceptors (Lipinski definition) is 9. The standard InChI is InChI=1S/C17H30N6O6S/c24-16(15-2-1-14-10-22(15)17(25)23(14)29-30(26)27)20-28-11-13-7-12(8-19-13)9-21-5-3-18-4-6-21/h12-15,18-19H,1-11H2,(H,20,24)(H,26,27)/p-1/t12-,13-,14?,15?/m0/s1. The third kappa shape index (κ3) is 5.10. The predicted octanol–water partition coefficient (Wildman–Crippen LogP) is -2.09. The van der Waals surface area contributed by atoms with E-state index in [9.17, 15) is 18.4 Å². The van der Waals surface area contributed by atoms with Crippen LogP contribution in [0.3, 0.4) is 0 Å². The first kappa shape index (κ1) is 21.9. The number of carbonyl (C=O) groups is 2. The molecule has 0 aromatic rings. The maximum absolute atomic E-state index is 12.5. The number of amides is 3. The molecule has 5 atom stereocenters. The first-order valence-corrected chi connectivity index (χ1v) is 11.5. The van der Waals surface area contributed by atoms with Crippen LogP contribution in [0.25, 0.3) is 0 Å². The van der Waals surface area contributed by atoms with E-state index >= 15 is 0 Å². The van der Waals surface area contributed by atoms with Crippen molar-refractivity contribution in [1.82, 2.24) is 31.0 Å². The molecular formula is C17H29N6O6S-. The lowest BCUT2D eigenvalue weighted by atomic mass is 10.0. The summed E-state index contributed by atoms with van der Waals surface area (Å²) in [6.07, 6.45) is 1.90. The lowest BCUT2D eigenvalue weighted by Crippen LogP contribution is -2.50. The van der Waals surface area contributed by atoms with Crippen molar-refractivity contribution in [3.05, 3.63) is 0 Å². The lowest BCUT2D eigenvalue weighted by molar-refractivity contribution is -0.139. The summed E-state index contributed by atoms with van der Waals surface area (Å²) >= 11 is -2.83. The maximum atomic E-state index is 12.5. The van der Waals surface area contributed by atoms with Crippen LogP contribution in [-0.4, -0.2) is 106 Å². The highest BCUT2D eigenvalue weighted by molar-refractivity contribution is 7.74. The molecule has 0 aromatic heterocycles. The summed E-state index contributed by atoms with van der Waals surface area (Å²) in [5.74, 6) is 0.171. The topological polar surface area (TPSA) is 139 Å². The number of piperidine rings is 1. The molecule has 4 saturated heterocycles. The van der Waals surface area contributed by atoms with Gasteiger partial charge in [-0.2, -0.15) is 9.35 Å². The minimum atomic E-state index is -2.83. The third-order valence-corrected chi connectivity index (χ3v) is 6.55. The van der Waals surface area contributed by atoms with Gasteiger partial charge in [-0.05, 0) is 31.7 Å². The minimum Gasteiger partial charge on any atom is -0.748 e. The summed E-state index contributed by atoms with van der Waals surface area (Å²) in [7, 11) is 0. The summed E-state index contributed by atoms with van der Waals surface area (Å²) in [5.41, 5.74) is 2.46. The van der Waals surface area contributed by atoms with Gasteiger partial charge in [0.1, 0.15) is 17.4 Å². The number of rotatable bonds is 8. The van der Waals surface area contributed by atoms with Crippen molar-refractivity contribution >= 4 is 23.3 Å². The van der Waals surface area contributed by atoms with Crippen molar-refractivity contribution in [2.75, 3.05) is 52.4 Å². The average Bonchev–Trinajstić information content (AvgIpc) is 3.27. The molecule has 3 amide bonds. The summed E-state index contributed by atoms with van der Waals surface area (Å²) in [6.45, 7) is 6.87. The Morgan fingerprint density at radius 3 is 2.87 bits per heavy atom. The van der Waals surface area contributed by atoms with Gasteiger partial charge in [-0.1, -0.05) is 0 Å². The van der Waals surface area contributed by atoms with Crippen LogP contribution in [0.15, 0.2) is 0 Å². The van der Waals surface area contributed by atoms with Crippen LogP contribution in [0, 0.1) is 5.92 Å². The van der Waals surface area contributed by atoms with Crippen molar-refractivity contribution in [2.45, 2.75) is 37.4 Å². The maximum Gasteiger partial charge on any atom is 0.346 e. The number of nitrogens with one attached hydrogen (secondary N) is 3. The van der Waals surface area contributed by atoms with Gasteiger partial charge in [-0.15, -0.1) is 0 Å². The van der Waals surface area contributed by atoms with E-state index in [0.29, 0.717) is 25.4 Å². The first-order chi connectivity index (χ1) is 14.5. The molecule has 13 heteroatoms. The third-order valence-electron chi connectivity index (χ3n) is 6.26. The van der Waals surface area contributed by atoms with Gasteiger partial charge in [0.05, 0.1) is 12.6 Å². The Bertz CT molecular complexity index is 665. The molecule has 4 rings (SSSR count). The molecule has 0 saturated carbocycles. The summed E-state index contributed by atoms with van der Waals surface area (Å²) in [6, 6.07) is -1.50. The fourth-order valence-corrected chi connectivity index (χ4v) is 5.09. The number of hydroxylamine groups is 3. The average molecular weight is 446 g/mol. The normalized spacial score (nSPS) is 33.2. The van der Waals surface area contributed by atoms with Gasteiger partial charge in [-0.25, -0.2) is 14.5 Å². The van der Waals surface area contributed by atoms with Crippen LogP contribution in [0.4, 0.5) is 4.79 Å². The number of hydrogen-bond donors (Lipinski definition) is 3. The Balaban J connectivity index is 1.17. The molecule has 4 aliphatic heterocycles. The summed E-state index contributed by atoms with van der Waals surface area (Å²) in [4.78, 5) is 34.1. The van der Waals surface area contributed by atoms with Crippen LogP contribution in [0.2, 0.25) is 0 Å². The van der Waals surface area contributed by atoms with Crippen molar-refractivity contribution < 1.29 is 27.5 Å². The largest absolute Gasteiger partial charge is 0.748 e. The molecule has 4 fully saturated rings. The Kier molecular flexibility index (Phi) is 7.18. The fraction of sp³-hybridized carbons (Fsp3) is 0.882. The van der Waals surface area contributed by atoms with Crippen LogP contribution in [0.1, 0.15) is 19.3 Å². The molecule has 0 aromatic carbocycles. The van der Waals surface area contributed by atoms with Crippen molar-refractivity contribution in [2.24, 2.45) is 5.92 Å². The highest BCUT2D eigenvalue weighted by atomic mass is 32.2. The second-order valence-electron chi connectivity index (χ2n) is 8.32. The zero-order chi connectivity index (χ0) is 21.1. The van der Waals surface area contributed by atoms with Gasteiger partial charge < -0.3 is 25.0 Å². The van der Waals surface area contributed by atoms with Gasteiger partial charge >= 0.3 is 6.03 Å². The van der Waals surface area contributed by atoms with E-state index in [-0.39, 0.29) is 18.6 Å². The van der Waals surface area contributed by atoms with E-state index in [4.69, 9.17) is 4.84 Å². The van der Waals surface area contributed by atoms with Crippen molar-refractivity contribution in [1.29, 1.82) is 0 Å². The SMILES string of the molecule is O=C(NOC[C@@H]1C[C@H](CN2CCNCC2)CN1)C1CCC2CN1C(=O)N2OS(=O)[O-]. The highest BCUT2D eigenvalue weighted by Gasteiger charge is 2.48. The van der Waals surface area contributed by atoms with Crippen LogP contribution < -0.4 is 16.1 Å². The Labute approximate surface area is 178 Å². The lowest BCUT2D eigenvalue weighted by Gasteiger charge is -2.29. The molecule has 2 bridgehead atoms.